The Morgan fingerprint density at radius 2 is 1.97 bits per heavy atom. The summed E-state index contributed by atoms with van der Waals surface area (Å²) in [4.78, 5) is 29.1. The third-order valence-electron chi connectivity index (χ3n) is 5.46. The lowest BCUT2D eigenvalue weighted by Gasteiger charge is -2.35. The molecule has 1 aromatic heterocycles. The fourth-order valence-corrected chi connectivity index (χ4v) is 3.78. The Labute approximate surface area is 187 Å². The lowest BCUT2D eigenvalue weighted by Crippen LogP contribution is -2.56. The van der Waals surface area contributed by atoms with E-state index in [4.69, 9.17) is 4.74 Å². The lowest BCUT2D eigenvalue weighted by molar-refractivity contribution is -0.138. The number of amides is 2. The van der Waals surface area contributed by atoms with E-state index >= 15 is 0 Å². The molecule has 2 aromatic carbocycles. The summed E-state index contributed by atoms with van der Waals surface area (Å²) in [6.45, 7) is 2.22. The fourth-order valence-electron chi connectivity index (χ4n) is 3.78. The fraction of sp³-hybridized carbons (Fsp3) is 0.292. The van der Waals surface area contributed by atoms with Crippen LogP contribution in [0.25, 0.3) is 0 Å². The van der Waals surface area contributed by atoms with Crippen molar-refractivity contribution in [2.75, 3.05) is 20.1 Å². The molecule has 32 heavy (non-hydrogen) atoms. The Hall–Kier alpha value is -3.65. The monoisotopic (exact) mass is 433 g/mol. The van der Waals surface area contributed by atoms with Crippen LogP contribution in [0.3, 0.4) is 0 Å². The van der Waals surface area contributed by atoms with Crippen LogP contribution < -0.4 is 10.1 Å². The Morgan fingerprint density at radius 3 is 2.75 bits per heavy atom. The van der Waals surface area contributed by atoms with Crippen molar-refractivity contribution in [2.24, 2.45) is 0 Å². The van der Waals surface area contributed by atoms with Crippen molar-refractivity contribution in [3.63, 3.8) is 0 Å². The smallest absolute Gasteiger partial charge is 0.237 e. The molecule has 4 rings (SSSR count). The zero-order chi connectivity index (χ0) is 22.3. The van der Waals surface area contributed by atoms with Gasteiger partial charge in [0.2, 0.25) is 11.8 Å². The summed E-state index contributed by atoms with van der Waals surface area (Å²) in [5, 5.41) is 9.65. The molecule has 0 bridgehead atoms. The number of carbonyl (C=O) groups excluding carboxylic acids is 2. The topological polar surface area (TPSA) is 90.6 Å². The second-order valence-corrected chi connectivity index (χ2v) is 7.88. The van der Waals surface area contributed by atoms with Gasteiger partial charge < -0.3 is 15.0 Å². The number of para-hydroxylation sites is 1. The molecule has 2 amide bonds. The van der Waals surface area contributed by atoms with E-state index in [-0.39, 0.29) is 18.2 Å². The Morgan fingerprint density at radius 1 is 1.16 bits per heavy atom. The van der Waals surface area contributed by atoms with Crippen LogP contribution in [0.1, 0.15) is 17.7 Å². The van der Waals surface area contributed by atoms with Crippen molar-refractivity contribution in [3.05, 3.63) is 78.1 Å². The van der Waals surface area contributed by atoms with Crippen molar-refractivity contribution in [3.8, 4) is 11.5 Å². The number of nitrogens with zero attached hydrogens (tertiary/aromatic N) is 3. The van der Waals surface area contributed by atoms with Crippen LogP contribution in [0.4, 0.5) is 0 Å². The molecule has 0 saturated carbocycles. The SMILES string of the molecule is CN(Cc1ccn[nH]1)C(=O)CC1C(=O)NCCN1Cc1cccc(Oc2ccccc2)c1. The molecule has 1 aliphatic heterocycles. The highest BCUT2D eigenvalue weighted by Crippen LogP contribution is 2.23. The van der Waals surface area contributed by atoms with Gasteiger partial charge in [-0.25, -0.2) is 0 Å². The Balaban J connectivity index is 1.41. The van der Waals surface area contributed by atoms with Gasteiger partial charge in [0.15, 0.2) is 0 Å². The van der Waals surface area contributed by atoms with Crippen molar-refractivity contribution in [1.29, 1.82) is 0 Å². The standard InChI is InChI=1S/C24H27N5O3/c1-28(17-19-10-11-26-27-19)23(30)15-22-24(31)25-12-13-29(22)16-18-6-5-9-21(14-18)32-20-7-3-2-4-8-20/h2-11,14,22H,12-13,15-17H2,1H3,(H,25,31)(H,26,27). The Kier molecular flexibility index (Phi) is 6.81. The highest BCUT2D eigenvalue weighted by Gasteiger charge is 2.32. The predicted octanol–water partition coefficient (Wildman–Crippen LogP) is 2.55. The number of carbonyl (C=O) groups is 2. The minimum Gasteiger partial charge on any atom is -0.457 e. The van der Waals surface area contributed by atoms with Gasteiger partial charge in [0, 0.05) is 32.9 Å². The molecule has 3 aromatic rings. The molecule has 8 nitrogen and oxygen atoms in total. The molecule has 2 heterocycles. The molecule has 1 unspecified atom stereocenters. The van der Waals surface area contributed by atoms with Gasteiger partial charge in [-0.1, -0.05) is 30.3 Å². The maximum atomic E-state index is 12.8. The van der Waals surface area contributed by atoms with Gasteiger partial charge in [0.1, 0.15) is 11.5 Å². The summed E-state index contributed by atoms with van der Waals surface area (Å²) < 4.78 is 5.94. The Bertz CT molecular complexity index is 1040. The first-order valence-corrected chi connectivity index (χ1v) is 10.6. The molecule has 0 aliphatic carbocycles. The molecule has 2 N–H and O–H groups in total. The summed E-state index contributed by atoms with van der Waals surface area (Å²) in [7, 11) is 1.73. The van der Waals surface area contributed by atoms with E-state index < -0.39 is 6.04 Å². The van der Waals surface area contributed by atoms with E-state index in [1.165, 1.54) is 0 Å². The first kappa shape index (κ1) is 21.6. The van der Waals surface area contributed by atoms with E-state index in [0.717, 1.165) is 22.8 Å². The number of rotatable bonds is 8. The van der Waals surface area contributed by atoms with E-state index in [1.807, 2.05) is 60.7 Å². The van der Waals surface area contributed by atoms with Crippen molar-refractivity contribution < 1.29 is 14.3 Å². The molecule has 0 spiro atoms. The van der Waals surface area contributed by atoms with Crippen LogP contribution >= 0.6 is 0 Å². The molecule has 8 heteroatoms. The second-order valence-electron chi connectivity index (χ2n) is 7.88. The quantitative estimate of drug-likeness (QED) is 0.570. The minimum absolute atomic E-state index is 0.0900. The number of H-pyrrole nitrogens is 1. The average Bonchev–Trinajstić information content (AvgIpc) is 3.30. The van der Waals surface area contributed by atoms with Crippen LogP contribution in [-0.4, -0.2) is 58.0 Å². The van der Waals surface area contributed by atoms with E-state index in [0.29, 0.717) is 26.2 Å². The largest absolute Gasteiger partial charge is 0.457 e. The predicted molar refractivity (Wildman–Crippen MR) is 120 cm³/mol. The van der Waals surface area contributed by atoms with Gasteiger partial charge in [-0.2, -0.15) is 5.10 Å². The van der Waals surface area contributed by atoms with E-state index in [2.05, 4.69) is 20.4 Å². The highest BCUT2D eigenvalue weighted by molar-refractivity contribution is 5.88. The van der Waals surface area contributed by atoms with Crippen LogP contribution in [0.2, 0.25) is 0 Å². The average molecular weight is 434 g/mol. The summed E-state index contributed by atoms with van der Waals surface area (Å²) in [6, 6.07) is 18.8. The maximum Gasteiger partial charge on any atom is 0.237 e. The summed E-state index contributed by atoms with van der Waals surface area (Å²) in [5.41, 5.74) is 1.87. The van der Waals surface area contributed by atoms with Crippen molar-refractivity contribution >= 4 is 11.8 Å². The van der Waals surface area contributed by atoms with Crippen LogP contribution in [-0.2, 0) is 22.7 Å². The van der Waals surface area contributed by atoms with Gasteiger partial charge in [-0.15, -0.1) is 0 Å². The minimum atomic E-state index is -0.515. The molecule has 1 saturated heterocycles. The van der Waals surface area contributed by atoms with Crippen molar-refractivity contribution in [1.82, 2.24) is 25.3 Å². The van der Waals surface area contributed by atoms with Gasteiger partial charge in [-0.3, -0.25) is 19.6 Å². The second kappa shape index (κ2) is 10.1. The maximum absolute atomic E-state index is 12.8. The summed E-state index contributed by atoms with van der Waals surface area (Å²) >= 11 is 0. The van der Waals surface area contributed by atoms with Crippen molar-refractivity contribution in [2.45, 2.75) is 25.6 Å². The molecular weight excluding hydrogens is 406 g/mol. The lowest BCUT2D eigenvalue weighted by atomic mass is 10.1. The van der Waals surface area contributed by atoms with E-state index in [1.54, 1.807) is 18.1 Å². The number of piperazine rings is 1. The molecular formula is C24H27N5O3. The number of ether oxygens (including phenoxy) is 1. The van der Waals surface area contributed by atoms with Gasteiger partial charge >= 0.3 is 0 Å². The molecule has 0 radical (unpaired) electrons. The number of nitrogens with one attached hydrogen (secondary N) is 2. The number of aromatic nitrogens is 2. The molecule has 1 fully saturated rings. The zero-order valence-corrected chi connectivity index (χ0v) is 18.0. The first-order chi connectivity index (χ1) is 15.6. The van der Waals surface area contributed by atoms with Crippen LogP contribution in [0, 0.1) is 0 Å². The highest BCUT2D eigenvalue weighted by atomic mass is 16.5. The van der Waals surface area contributed by atoms with Gasteiger partial charge in [-0.05, 0) is 35.9 Å². The zero-order valence-electron chi connectivity index (χ0n) is 18.0. The first-order valence-electron chi connectivity index (χ1n) is 10.6. The summed E-state index contributed by atoms with van der Waals surface area (Å²) in [6.07, 6.45) is 1.77. The number of hydrogen-bond acceptors (Lipinski definition) is 5. The molecule has 1 atom stereocenters. The van der Waals surface area contributed by atoms with Gasteiger partial charge in [0.25, 0.3) is 0 Å². The number of benzene rings is 2. The normalized spacial score (nSPS) is 16.4. The summed E-state index contributed by atoms with van der Waals surface area (Å²) in [5.74, 6) is 1.30. The molecule has 166 valence electrons. The van der Waals surface area contributed by atoms with Crippen LogP contribution in [0.15, 0.2) is 66.9 Å². The third-order valence-corrected chi connectivity index (χ3v) is 5.46. The molecule has 1 aliphatic rings. The van der Waals surface area contributed by atoms with Gasteiger partial charge in [0.05, 0.1) is 24.7 Å². The third kappa shape index (κ3) is 5.53. The number of hydrogen-bond donors (Lipinski definition) is 2. The van der Waals surface area contributed by atoms with Crippen LogP contribution in [0.5, 0.6) is 11.5 Å². The number of aromatic amines is 1. The van der Waals surface area contributed by atoms with E-state index in [9.17, 15) is 9.59 Å².